The summed E-state index contributed by atoms with van der Waals surface area (Å²) in [5.41, 5.74) is 8.60. The highest BCUT2D eigenvalue weighted by molar-refractivity contribution is 5.23. The average molecular weight is 276 g/mol. The molecule has 2 rings (SSSR count). The molecule has 0 aliphatic rings. The highest BCUT2D eigenvalue weighted by Crippen LogP contribution is 2.13. The van der Waals surface area contributed by atoms with Gasteiger partial charge in [-0.1, -0.05) is 30.3 Å². The molecule has 4 heteroatoms. The van der Waals surface area contributed by atoms with Crippen LogP contribution in [0.25, 0.3) is 0 Å². The second-order valence-corrected chi connectivity index (χ2v) is 4.94. The maximum absolute atomic E-state index is 13.1. The molecule has 0 aromatic heterocycles. The molecule has 106 valence electrons. The molecule has 0 saturated carbocycles. The van der Waals surface area contributed by atoms with Crippen molar-refractivity contribution >= 4 is 0 Å². The van der Waals surface area contributed by atoms with Crippen molar-refractivity contribution in [3.63, 3.8) is 0 Å². The largest absolute Gasteiger partial charge is 0.326 e. The molecule has 0 aliphatic heterocycles. The molecule has 0 fully saturated rings. The van der Waals surface area contributed by atoms with Crippen LogP contribution in [0, 0.1) is 11.6 Å². The van der Waals surface area contributed by atoms with E-state index >= 15 is 0 Å². The summed E-state index contributed by atoms with van der Waals surface area (Å²) in [5, 5.41) is 0. The van der Waals surface area contributed by atoms with Crippen molar-refractivity contribution in [2.75, 3.05) is 7.05 Å². The van der Waals surface area contributed by atoms with Crippen molar-refractivity contribution in [1.29, 1.82) is 0 Å². The minimum atomic E-state index is -0.813. The Bertz CT molecular complexity index is 584. The molecule has 2 nitrogen and oxygen atoms in total. The molecule has 0 amide bonds. The number of hydrogen-bond acceptors (Lipinski definition) is 2. The smallest absolute Gasteiger partial charge is 0.159 e. The highest BCUT2D eigenvalue weighted by Gasteiger charge is 2.06. The van der Waals surface area contributed by atoms with Crippen LogP contribution in [0.2, 0.25) is 0 Å². The van der Waals surface area contributed by atoms with Gasteiger partial charge in [-0.05, 0) is 35.9 Å². The van der Waals surface area contributed by atoms with Crippen molar-refractivity contribution in [3.8, 4) is 0 Å². The third-order valence-electron chi connectivity index (χ3n) is 3.12. The van der Waals surface area contributed by atoms with Crippen LogP contribution < -0.4 is 5.73 Å². The van der Waals surface area contributed by atoms with Crippen molar-refractivity contribution in [3.05, 3.63) is 70.8 Å². The number of rotatable bonds is 5. The molecule has 0 spiro atoms. The van der Waals surface area contributed by atoms with Gasteiger partial charge in [-0.15, -0.1) is 0 Å². The van der Waals surface area contributed by atoms with E-state index in [1.807, 2.05) is 30.1 Å². The van der Waals surface area contributed by atoms with Gasteiger partial charge in [0.15, 0.2) is 11.6 Å². The van der Waals surface area contributed by atoms with Crippen molar-refractivity contribution < 1.29 is 8.78 Å². The zero-order valence-corrected chi connectivity index (χ0v) is 11.4. The lowest BCUT2D eigenvalue weighted by atomic mass is 10.1. The molecule has 0 saturated heterocycles. The van der Waals surface area contributed by atoms with Crippen LogP contribution in [-0.4, -0.2) is 11.9 Å². The molecule has 0 radical (unpaired) electrons. The van der Waals surface area contributed by atoms with Gasteiger partial charge in [0.2, 0.25) is 0 Å². The lowest BCUT2D eigenvalue weighted by molar-refractivity contribution is 0.318. The second kappa shape index (κ2) is 6.59. The molecule has 0 aliphatic carbocycles. The summed E-state index contributed by atoms with van der Waals surface area (Å²) in [6.45, 7) is 1.80. The van der Waals surface area contributed by atoms with Gasteiger partial charge in [-0.25, -0.2) is 8.78 Å². The second-order valence-electron chi connectivity index (χ2n) is 4.94. The first-order chi connectivity index (χ1) is 9.58. The van der Waals surface area contributed by atoms with E-state index in [0.717, 1.165) is 29.3 Å². The first kappa shape index (κ1) is 14.6. The van der Waals surface area contributed by atoms with Crippen LogP contribution in [0.3, 0.4) is 0 Å². The Morgan fingerprint density at radius 1 is 0.900 bits per heavy atom. The Morgan fingerprint density at radius 3 is 2.20 bits per heavy atom. The number of nitrogens with two attached hydrogens (primary N) is 1. The average Bonchev–Trinajstić information content (AvgIpc) is 2.43. The minimum Gasteiger partial charge on any atom is -0.326 e. The molecular formula is C16H18F2N2. The molecule has 2 aromatic carbocycles. The van der Waals surface area contributed by atoms with Crippen LogP contribution in [0.5, 0.6) is 0 Å². The lowest BCUT2D eigenvalue weighted by Crippen LogP contribution is -2.17. The molecule has 0 atom stereocenters. The topological polar surface area (TPSA) is 29.3 Å². The van der Waals surface area contributed by atoms with Crippen molar-refractivity contribution in [2.45, 2.75) is 19.6 Å². The Morgan fingerprint density at radius 2 is 1.55 bits per heavy atom. The van der Waals surface area contributed by atoms with Gasteiger partial charge in [0, 0.05) is 19.6 Å². The van der Waals surface area contributed by atoms with Crippen LogP contribution in [-0.2, 0) is 19.6 Å². The van der Waals surface area contributed by atoms with Crippen LogP contribution in [0.1, 0.15) is 16.7 Å². The van der Waals surface area contributed by atoms with Gasteiger partial charge in [0.1, 0.15) is 0 Å². The first-order valence-corrected chi connectivity index (χ1v) is 6.49. The number of halogens is 2. The van der Waals surface area contributed by atoms with Crippen molar-refractivity contribution in [2.24, 2.45) is 5.73 Å². The molecule has 0 heterocycles. The van der Waals surface area contributed by atoms with E-state index in [-0.39, 0.29) is 0 Å². The summed E-state index contributed by atoms with van der Waals surface area (Å²) < 4.78 is 26.0. The molecule has 20 heavy (non-hydrogen) atoms. The summed E-state index contributed by atoms with van der Waals surface area (Å²) in [4.78, 5) is 2.04. The fourth-order valence-electron chi connectivity index (χ4n) is 2.17. The van der Waals surface area contributed by atoms with E-state index < -0.39 is 11.6 Å². The zero-order valence-electron chi connectivity index (χ0n) is 11.4. The van der Waals surface area contributed by atoms with Gasteiger partial charge in [-0.2, -0.15) is 0 Å². The van der Waals surface area contributed by atoms with Crippen LogP contribution in [0.4, 0.5) is 8.78 Å². The summed E-state index contributed by atoms with van der Waals surface area (Å²) in [6.07, 6.45) is 0. The summed E-state index contributed by atoms with van der Waals surface area (Å²) in [6, 6.07) is 12.0. The Labute approximate surface area is 117 Å². The summed E-state index contributed by atoms with van der Waals surface area (Å²) in [5.74, 6) is -1.62. The summed E-state index contributed by atoms with van der Waals surface area (Å²) >= 11 is 0. The zero-order chi connectivity index (χ0) is 14.5. The fourth-order valence-corrected chi connectivity index (χ4v) is 2.17. The van der Waals surface area contributed by atoms with E-state index in [1.54, 1.807) is 6.07 Å². The number of benzene rings is 2. The van der Waals surface area contributed by atoms with E-state index in [9.17, 15) is 8.78 Å². The highest BCUT2D eigenvalue weighted by atomic mass is 19.2. The van der Waals surface area contributed by atoms with Crippen LogP contribution in [0.15, 0.2) is 42.5 Å². The van der Waals surface area contributed by atoms with E-state index in [4.69, 9.17) is 5.73 Å². The lowest BCUT2D eigenvalue weighted by Gasteiger charge is -2.17. The minimum absolute atomic E-state index is 0.515. The molecule has 2 aromatic rings. The Hall–Kier alpha value is -1.78. The Kier molecular flexibility index (Phi) is 4.82. The monoisotopic (exact) mass is 276 g/mol. The standard InChI is InChI=1S/C16H18F2N2/c1-20(10-13-4-2-3-12(7-13)9-19)11-14-5-6-15(17)16(18)8-14/h2-8H,9-11,19H2,1H3. The first-order valence-electron chi connectivity index (χ1n) is 6.49. The van der Waals surface area contributed by atoms with Crippen molar-refractivity contribution in [1.82, 2.24) is 4.90 Å². The maximum Gasteiger partial charge on any atom is 0.159 e. The SMILES string of the molecule is CN(Cc1cccc(CN)c1)Cc1ccc(F)c(F)c1. The fraction of sp³-hybridized carbons (Fsp3) is 0.250. The third-order valence-corrected chi connectivity index (χ3v) is 3.12. The van der Waals surface area contributed by atoms with E-state index in [2.05, 4.69) is 6.07 Å². The molecule has 0 bridgehead atoms. The normalized spacial score (nSPS) is 11.1. The number of nitrogens with zero attached hydrogens (tertiary/aromatic N) is 1. The van der Waals surface area contributed by atoms with Gasteiger partial charge in [0.05, 0.1) is 0 Å². The predicted octanol–water partition coefficient (Wildman–Crippen LogP) is 3.06. The molecular weight excluding hydrogens is 258 g/mol. The predicted molar refractivity (Wildman–Crippen MR) is 75.9 cm³/mol. The van der Waals surface area contributed by atoms with Crippen LogP contribution >= 0.6 is 0 Å². The Balaban J connectivity index is 2.00. The quantitative estimate of drug-likeness (QED) is 0.909. The molecule has 0 unspecified atom stereocenters. The number of hydrogen-bond donors (Lipinski definition) is 1. The van der Waals surface area contributed by atoms with Gasteiger partial charge >= 0.3 is 0 Å². The van der Waals surface area contributed by atoms with Gasteiger partial charge in [-0.3, -0.25) is 4.90 Å². The summed E-state index contributed by atoms with van der Waals surface area (Å²) in [7, 11) is 1.94. The van der Waals surface area contributed by atoms with Gasteiger partial charge < -0.3 is 5.73 Å². The maximum atomic E-state index is 13.1. The van der Waals surface area contributed by atoms with E-state index in [0.29, 0.717) is 13.1 Å². The molecule has 2 N–H and O–H groups in total. The third kappa shape index (κ3) is 3.85. The van der Waals surface area contributed by atoms with E-state index in [1.165, 1.54) is 6.07 Å². The van der Waals surface area contributed by atoms with Gasteiger partial charge in [0.25, 0.3) is 0 Å².